The summed E-state index contributed by atoms with van der Waals surface area (Å²) in [5.74, 6) is -2.62. The van der Waals surface area contributed by atoms with Gasteiger partial charge in [0.15, 0.2) is 19.2 Å². The van der Waals surface area contributed by atoms with Crippen LogP contribution in [0.15, 0.2) is 59.2 Å². The third-order valence-electron chi connectivity index (χ3n) is 16.9. The van der Waals surface area contributed by atoms with E-state index >= 15 is 4.79 Å². The maximum absolute atomic E-state index is 15.5. The molecule has 13 nitrogen and oxygen atoms in total. The van der Waals surface area contributed by atoms with Crippen molar-refractivity contribution in [2.75, 3.05) is 61.1 Å². The first-order valence-corrected chi connectivity index (χ1v) is 22.5. The van der Waals surface area contributed by atoms with Crippen molar-refractivity contribution >= 4 is 42.0 Å². The molecule has 14 heteroatoms. The summed E-state index contributed by atoms with van der Waals surface area (Å²) in [5, 5.41) is 25.5. The second-order valence-electron chi connectivity index (χ2n) is 19.6. The lowest BCUT2D eigenvalue weighted by atomic mass is 9.46. The third-order valence-corrected chi connectivity index (χ3v) is 16.9. The van der Waals surface area contributed by atoms with Gasteiger partial charge in [-0.3, -0.25) is 24.2 Å². The van der Waals surface area contributed by atoms with Crippen molar-refractivity contribution in [3.8, 4) is 0 Å². The maximum atomic E-state index is 15.5. The van der Waals surface area contributed by atoms with Crippen molar-refractivity contribution < 1.29 is 48.3 Å². The molecule has 1 spiro atoms. The Morgan fingerprint density at radius 3 is 2.37 bits per heavy atom. The first kappa shape index (κ1) is 43.2. The molecule has 8 aliphatic rings. The van der Waals surface area contributed by atoms with E-state index in [9.17, 15) is 24.6 Å². The van der Waals surface area contributed by atoms with Crippen molar-refractivity contribution in [2.45, 2.75) is 102 Å². The number of hydrogen-bond acceptors (Lipinski definition) is 13. The molecule has 12 atom stereocenters. The molecule has 3 unspecified atom stereocenters. The smallest absolute Gasteiger partial charge is 0.344 e. The molecule has 332 valence electrons. The molecule has 1 aromatic carbocycles. The van der Waals surface area contributed by atoms with Crippen molar-refractivity contribution in [2.24, 2.45) is 28.1 Å². The lowest BCUT2D eigenvalue weighted by Gasteiger charge is -2.63. The summed E-state index contributed by atoms with van der Waals surface area (Å²) in [4.78, 5) is 62.6. The number of aliphatic hydroxyl groups is 2. The minimum atomic E-state index is -2.30. The highest BCUT2D eigenvalue weighted by atomic mass is 16.6. The number of hydrogen-bond donors (Lipinski definition) is 2. The van der Waals surface area contributed by atoms with Gasteiger partial charge in [0.2, 0.25) is 5.60 Å². The minimum absolute atomic E-state index is 0.0355. The third kappa shape index (κ3) is 5.71. The van der Waals surface area contributed by atoms with E-state index in [2.05, 4.69) is 34.1 Å². The number of allylic oxidation sites excluding steroid dienone is 1. The predicted octanol–water partition coefficient (Wildman–Crippen LogP) is 2.74. The number of methoxy groups -OCH3 is 3. The molecular formula is C48H62BN3O10. The summed E-state index contributed by atoms with van der Waals surface area (Å²) in [6.07, 6.45) is 9.57. The molecule has 0 aromatic heterocycles. The van der Waals surface area contributed by atoms with Crippen LogP contribution in [0.2, 0.25) is 0 Å². The highest BCUT2D eigenvalue weighted by Crippen LogP contribution is 2.70. The number of esters is 3. The monoisotopic (exact) mass is 851 g/mol. The number of carbonyl (C=O) groups is 4. The fraction of sp³-hybridized carbons (Fsp3) is 0.625. The Labute approximate surface area is 365 Å². The minimum Gasteiger partial charge on any atom is -0.468 e. The van der Waals surface area contributed by atoms with Crippen molar-refractivity contribution in [1.82, 2.24) is 14.7 Å². The number of benzene rings is 1. The standard InChI is InChI=1S/C48H62BN3O10/c1-9-44(57)23-29-24-47(42(55)60-7,38-31(14-18-51(25-29)26-44)32-20-30(27(3)53)12-13-35(32)49-38)34-21-33-36(22-37(34)59-6)50(5)40-46(33)16-19-52-17-11-15-45(10-2,39(46)52)41(62-28(4)54)48(40,58)43(56)61-8/h11-13,15,20-22,29,34,37,39-41,49,57-58H,9-10,14,16-19,23-26H2,1-8H3/t29-,34?,37?,39+,40-,41-,44+,45-,46-,47+,48+/m1/s1. The Morgan fingerprint density at radius 2 is 1.71 bits per heavy atom. The van der Waals surface area contributed by atoms with Crippen LogP contribution >= 0.6 is 0 Å². The molecule has 2 bridgehead atoms. The molecule has 4 fully saturated rings. The van der Waals surface area contributed by atoms with Gasteiger partial charge in [0, 0.05) is 81.3 Å². The number of piperidine rings is 1. The van der Waals surface area contributed by atoms with E-state index in [4.69, 9.17) is 18.9 Å². The van der Waals surface area contributed by atoms with E-state index in [1.807, 2.05) is 44.0 Å². The van der Waals surface area contributed by atoms with Gasteiger partial charge >= 0.3 is 17.9 Å². The summed E-state index contributed by atoms with van der Waals surface area (Å²) in [6.45, 7) is 10.1. The largest absolute Gasteiger partial charge is 0.468 e. The van der Waals surface area contributed by atoms with Gasteiger partial charge in [-0.2, -0.15) is 0 Å². The highest BCUT2D eigenvalue weighted by molar-refractivity contribution is 6.67. The number of carbonyl (C=O) groups excluding carboxylic acids is 4. The summed E-state index contributed by atoms with van der Waals surface area (Å²) < 4.78 is 24.2. The van der Waals surface area contributed by atoms with Gasteiger partial charge in [-0.25, -0.2) is 4.79 Å². The fourth-order valence-corrected chi connectivity index (χ4v) is 14.6. The van der Waals surface area contributed by atoms with E-state index in [-0.39, 0.29) is 23.7 Å². The van der Waals surface area contributed by atoms with E-state index < -0.39 is 63.6 Å². The molecule has 3 saturated heterocycles. The summed E-state index contributed by atoms with van der Waals surface area (Å²) in [5.41, 5.74) is -0.119. The molecule has 6 heterocycles. The van der Waals surface area contributed by atoms with Gasteiger partial charge in [-0.1, -0.05) is 55.1 Å². The normalized spacial score (nSPS) is 40.2. The number of nitrogens with zero attached hydrogens (tertiary/aromatic N) is 3. The van der Waals surface area contributed by atoms with E-state index in [0.29, 0.717) is 84.1 Å². The zero-order valence-electron chi connectivity index (χ0n) is 37.5. The topological polar surface area (TPSA) is 155 Å². The van der Waals surface area contributed by atoms with Gasteiger partial charge in [-0.15, -0.1) is 0 Å². The molecule has 9 rings (SSSR count). The van der Waals surface area contributed by atoms with Crippen LogP contribution in [0.4, 0.5) is 0 Å². The average Bonchev–Trinajstić information content (AvgIpc) is 3.92. The molecule has 0 radical (unpaired) electrons. The number of rotatable bonds is 8. The van der Waals surface area contributed by atoms with Crippen molar-refractivity contribution in [3.05, 3.63) is 70.4 Å². The molecular weight excluding hydrogens is 789 g/mol. The van der Waals surface area contributed by atoms with Crippen LogP contribution < -0.4 is 5.46 Å². The number of ether oxygens (including phenoxy) is 4. The maximum Gasteiger partial charge on any atom is 0.344 e. The predicted molar refractivity (Wildman–Crippen MR) is 232 cm³/mol. The summed E-state index contributed by atoms with van der Waals surface area (Å²) >= 11 is 0. The molecule has 1 aromatic rings. The van der Waals surface area contributed by atoms with E-state index in [0.717, 1.165) is 33.3 Å². The number of likely N-dealkylation sites (N-methyl/N-ethyl adjacent to an activating group) is 1. The lowest BCUT2D eigenvalue weighted by molar-refractivity contribution is -0.243. The van der Waals surface area contributed by atoms with Gasteiger partial charge in [0.05, 0.1) is 37.4 Å². The SMILES string of the molecule is CC[C@]1(O)C[C@H]2CN(CCC3=C(Bc4ccc(C(C)=O)cc43)[C@@](C(=O)OC)(C3C=C4C(=CC3OC)N(C)[C@H]3[C@@](O)(C(=O)OC)[C@H](OC(C)=O)[C@]5(CC)C=CCN6CC[C@]43[C@@H]65)C2)C1. The van der Waals surface area contributed by atoms with Gasteiger partial charge in [-0.05, 0) is 86.8 Å². The van der Waals surface area contributed by atoms with Crippen LogP contribution in [0.1, 0.15) is 82.1 Å². The second-order valence-corrected chi connectivity index (χ2v) is 19.6. The van der Waals surface area contributed by atoms with Crippen LogP contribution in [-0.4, -0.2) is 152 Å². The molecule has 2 aliphatic carbocycles. The first-order chi connectivity index (χ1) is 29.5. The van der Waals surface area contributed by atoms with Crippen LogP contribution in [0.25, 0.3) is 5.57 Å². The molecule has 1 saturated carbocycles. The summed E-state index contributed by atoms with van der Waals surface area (Å²) in [6, 6.07) is 4.65. The quantitative estimate of drug-likeness (QED) is 0.130. The zero-order chi connectivity index (χ0) is 44.3. The average molecular weight is 852 g/mol. The Bertz CT molecular complexity index is 2240. The van der Waals surface area contributed by atoms with Gasteiger partial charge < -0.3 is 34.1 Å². The Morgan fingerprint density at radius 1 is 0.952 bits per heavy atom. The van der Waals surface area contributed by atoms with Crippen LogP contribution in [0.5, 0.6) is 0 Å². The number of fused-ring (bicyclic) bond motifs is 5. The van der Waals surface area contributed by atoms with Crippen molar-refractivity contribution in [3.63, 3.8) is 0 Å². The molecule has 62 heavy (non-hydrogen) atoms. The van der Waals surface area contributed by atoms with Crippen LogP contribution in [0, 0.1) is 28.1 Å². The van der Waals surface area contributed by atoms with Crippen molar-refractivity contribution in [1.29, 1.82) is 0 Å². The Kier molecular flexibility index (Phi) is 10.5. The first-order valence-electron chi connectivity index (χ1n) is 22.5. The molecule has 6 aliphatic heterocycles. The van der Waals surface area contributed by atoms with Gasteiger partial charge in [0.25, 0.3) is 0 Å². The molecule has 2 N–H and O–H groups in total. The second kappa shape index (κ2) is 15.0. The Balaban J connectivity index is 1.32. The van der Waals surface area contributed by atoms with E-state index in [1.165, 1.54) is 21.1 Å². The zero-order valence-corrected chi connectivity index (χ0v) is 37.5. The fourth-order valence-electron chi connectivity index (χ4n) is 14.6. The van der Waals surface area contributed by atoms with Crippen LogP contribution in [0.3, 0.4) is 0 Å². The lowest BCUT2D eigenvalue weighted by Crippen LogP contribution is -2.79. The number of likely N-dealkylation sites (tertiary alicyclic amines) is 1. The molecule has 0 amide bonds. The highest BCUT2D eigenvalue weighted by Gasteiger charge is 2.81. The number of Topliss-reactive ketones (excluding diaryl/α,β-unsaturated/α-hetero) is 1. The van der Waals surface area contributed by atoms with Crippen LogP contribution in [-0.2, 0) is 33.3 Å². The van der Waals surface area contributed by atoms with Gasteiger partial charge in [0.1, 0.15) is 0 Å². The van der Waals surface area contributed by atoms with E-state index in [1.54, 1.807) is 14.0 Å². The number of ketones is 1. The summed E-state index contributed by atoms with van der Waals surface area (Å²) in [7, 11) is 6.72. The Hall–Kier alpha value is -4.08.